The molecule has 1 N–H and O–H groups in total. The molecule has 4 rings (SSSR count). The zero-order chi connectivity index (χ0) is 21.1. The molecule has 9 heteroatoms. The Balaban J connectivity index is 1.33. The monoisotopic (exact) mass is 435 g/mol. The highest BCUT2D eigenvalue weighted by Gasteiger charge is 2.30. The molecule has 0 saturated carbocycles. The summed E-state index contributed by atoms with van der Waals surface area (Å²) in [6.45, 7) is 2.47. The van der Waals surface area contributed by atoms with Gasteiger partial charge in [-0.2, -0.15) is 13.2 Å². The lowest BCUT2D eigenvalue weighted by Gasteiger charge is -2.12. The third-order valence-electron chi connectivity index (χ3n) is 4.89. The minimum Gasteiger partial charge on any atom is -0.451 e. The van der Waals surface area contributed by atoms with Crippen LogP contribution in [0.2, 0.25) is 0 Å². The van der Waals surface area contributed by atoms with Crippen LogP contribution in [-0.4, -0.2) is 30.5 Å². The number of rotatable bonds is 6. The van der Waals surface area contributed by atoms with Crippen molar-refractivity contribution in [3.05, 3.63) is 58.8 Å². The SMILES string of the molecule is O=C(NCCc1csc(N2CCCC2)n1)c1ccc(-c2cccc(C(F)(F)F)c2)o1. The van der Waals surface area contributed by atoms with Crippen LogP contribution >= 0.6 is 11.3 Å². The van der Waals surface area contributed by atoms with E-state index in [4.69, 9.17) is 4.42 Å². The Morgan fingerprint density at radius 1 is 1.20 bits per heavy atom. The second kappa shape index (κ2) is 8.51. The lowest BCUT2D eigenvalue weighted by molar-refractivity contribution is -0.137. The van der Waals surface area contributed by atoms with Gasteiger partial charge in [0, 0.05) is 37.0 Å². The van der Waals surface area contributed by atoms with Crippen molar-refractivity contribution in [3.8, 4) is 11.3 Å². The first-order chi connectivity index (χ1) is 14.4. The maximum Gasteiger partial charge on any atom is 0.416 e. The van der Waals surface area contributed by atoms with Gasteiger partial charge in [-0.25, -0.2) is 4.98 Å². The Bertz CT molecular complexity index is 1020. The number of halogens is 3. The van der Waals surface area contributed by atoms with Crippen LogP contribution in [-0.2, 0) is 12.6 Å². The van der Waals surface area contributed by atoms with Gasteiger partial charge in [-0.3, -0.25) is 4.79 Å². The van der Waals surface area contributed by atoms with Crippen LogP contribution in [0.4, 0.5) is 18.3 Å². The fourth-order valence-electron chi connectivity index (χ4n) is 3.32. The van der Waals surface area contributed by atoms with Crippen molar-refractivity contribution >= 4 is 22.4 Å². The number of benzene rings is 1. The molecule has 5 nitrogen and oxygen atoms in total. The largest absolute Gasteiger partial charge is 0.451 e. The Morgan fingerprint density at radius 3 is 2.77 bits per heavy atom. The number of alkyl halides is 3. The van der Waals surface area contributed by atoms with Crippen molar-refractivity contribution in [2.45, 2.75) is 25.4 Å². The number of hydrogen-bond acceptors (Lipinski definition) is 5. The molecular formula is C21H20F3N3O2S. The van der Waals surface area contributed by atoms with Gasteiger partial charge < -0.3 is 14.6 Å². The highest BCUT2D eigenvalue weighted by molar-refractivity contribution is 7.13. The van der Waals surface area contributed by atoms with E-state index in [0.29, 0.717) is 13.0 Å². The topological polar surface area (TPSA) is 58.4 Å². The molecule has 1 aliphatic heterocycles. The number of carbonyl (C=O) groups excluding carboxylic acids is 1. The molecular weight excluding hydrogens is 415 g/mol. The van der Waals surface area contributed by atoms with Crippen LogP contribution in [0.25, 0.3) is 11.3 Å². The van der Waals surface area contributed by atoms with Gasteiger partial charge in [-0.05, 0) is 37.1 Å². The number of anilines is 1. The number of nitrogens with one attached hydrogen (secondary N) is 1. The molecule has 0 aliphatic carbocycles. The summed E-state index contributed by atoms with van der Waals surface area (Å²) in [4.78, 5) is 19.2. The number of amides is 1. The second-order valence-electron chi connectivity index (χ2n) is 7.06. The Kier molecular flexibility index (Phi) is 5.80. The number of nitrogens with zero attached hydrogens (tertiary/aromatic N) is 2. The van der Waals surface area contributed by atoms with Gasteiger partial charge in [0.05, 0.1) is 11.3 Å². The molecule has 0 spiro atoms. The van der Waals surface area contributed by atoms with Crippen molar-refractivity contribution in [1.29, 1.82) is 0 Å². The smallest absolute Gasteiger partial charge is 0.416 e. The van der Waals surface area contributed by atoms with Crippen LogP contribution in [0, 0.1) is 0 Å². The summed E-state index contributed by atoms with van der Waals surface area (Å²) in [6, 6.07) is 7.77. The van der Waals surface area contributed by atoms with Crippen molar-refractivity contribution in [2.75, 3.05) is 24.5 Å². The fourth-order valence-corrected chi connectivity index (χ4v) is 4.23. The Labute approximate surface area is 175 Å². The van der Waals surface area contributed by atoms with Gasteiger partial charge in [-0.1, -0.05) is 12.1 Å². The number of aromatic nitrogens is 1. The van der Waals surface area contributed by atoms with Gasteiger partial charge in [0.25, 0.3) is 5.91 Å². The van der Waals surface area contributed by atoms with Gasteiger partial charge in [0.15, 0.2) is 10.9 Å². The van der Waals surface area contributed by atoms with E-state index in [9.17, 15) is 18.0 Å². The summed E-state index contributed by atoms with van der Waals surface area (Å²) < 4.78 is 44.1. The fraction of sp³-hybridized carbons (Fsp3) is 0.333. The molecule has 1 saturated heterocycles. The Morgan fingerprint density at radius 2 is 2.00 bits per heavy atom. The molecule has 0 atom stereocenters. The maximum atomic E-state index is 12.9. The van der Waals surface area contributed by atoms with E-state index in [1.807, 2.05) is 5.38 Å². The molecule has 1 amide bonds. The van der Waals surface area contributed by atoms with E-state index in [-0.39, 0.29) is 17.1 Å². The zero-order valence-corrected chi connectivity index (χ0v) is 16.9. The standard InChI is InChI=1S/C21H20F3N3O2S/c22-21(23,24)15-5-3-4-14(12-15)17-6-7-18(29-17)19(28)25-9-8-16-13-30-20(26-16)27-10-1-2-11-27/h3-7,12-13H,1-2,8-11H2,(H,25,28). The summed E-state index contributed by atoms with van der Waals surface area (Å²) in [5.41, 5.74) is 0.422. The third-order valence-corrected chi connectivity index (χ3v) is 5.84. The van der Waals surface area contributed by atoms with Gasteiger partial charge in [0.2, 0.25) is 0 Å². The summed E-state index contributed by atoms with van der Waals surface area (Å²) >= 11 is 1.61. The molecule has 0 unspecified atom stereocenters. The van der Waals surface area contributed by atoms with Crippen molar-refractivity contribution < 1.29 is 22.4 Å². The summed E-state index contributed by atoms with van der Waals surface area (Å²) in [7, 11) is 0. The minimum atomic E-state index is -4.44. The average molecular weight is 435 g/mol. The lowest BCUT2D eigenvalue weighted by atomic mass is 10.1. The van der Waals surface area contributed by atoms with Crippen LogP contribution in [0.5, 0.6) is 0 Å². The second-order valence-corrected chi connectivity index (χ2v) is 7.90. The van der Waals surface area contributed by atoms with E-state index in [0.717, 1.165) is 36.0 Å². The first-order valence-electron chi connectivity index (χ1n) is 9.65. The number of hydrogen-bond donors (Lipinski definition) is 1. The van der Waals surface area contributed by atoms with Gasteiger partial charge in [-0.15, -0.1) is 11.3 Å². The highest BCUT2D eigenvalue weighted by atomic mass is 32.1. The van der Waals surface area contributed by atoms with Crippen molar-refractivity contribution in [2.24, 2.45) is 0 Å². The summed E-state index contributed by atoms with van der Waals surface area (Å²) in [6.07, 6.45) is -1.46. The quantitative estimate of drug-likeness (QED) is 0.592. The van der Waals surface area contributed by atoms with Crippen LogP contribution in [0.15, 0.2) is 46.2 Å². The van der Waals surface area contributed by atoms with Crippen LogP contribution < -0.4 is 10.2 Å². The molecule has 2 aromatic heterocycles. The molecule has 30 heavy (non-hydrogen) atoms. The summed E-state index contributed by atoms with van der Waals surface area (Å²) in [5.74, 6) is -0.150. The van der Waals surface area contributed by atoms with Gasteiger partial charge >= 0.3 is 6.18 Å². The molecule has 0 radical (unpaired) electrons. The minimum absolute atomic E-state index is 0.0541. The molecule has 1 aliphatic rings. The molecule has 3 aromatic rings. The zero-order valence-electron chi connectivity index (χ0n) is 16.0. The van der Waals surface area contributed by atoms with E-state index in [1.54, 1.807) is 11.3 Å². The van der Waals surface area contributed by atoms with Crippen LogP contribution in [0.1, 0.15) is 34.7 Å². The van der Waals surface area contributed by atoms with E-state index in [2.05, 4.69) is 15.2 Å². The normalized spacial score (nSPS) is 14.3. The van der Waals surface area contributed by atoms with Crippen molar-refractivity contribution in [3.63, 3.8) is 0 Å². The predicted octanol–water partition coefficient (Wildman–Crippen LogP) is 4.99. The van der Waals surface area contributed by atoms with Gasteiger partial charge in [0.1, 0.15) is 5.76 Å². The summed E-state index contributed by atoms with van der Waals surface area (Å²) in [5, 5.41) is 5.78. The number of thiazole rings is 1. The lowest BCUT2D eigenvalue weighted by Crippen LogP contribution is -2.25. The highest BCUT2D eigenvalue weighted by Crippen LogP contribution is 2.32. The third kappa shape index (κ3) is 4.67. The molecule has 158 valence electrons. The van der Waals surface area contributed by atoms with E-state index >= 15 is 0 Å². The molecule has 1 fully saturated rings. The van der Waals surface area contributed by atoms with E-state index in [1.165, 1.54) is 37.1 Å². The number of furan rings is 1. The first kappa shape index (κ1) is 20.5. The average Bonchev–Trinajstić information content (AvgIpc) is 3.47. The first-order valence-corrected chi connectivity index (χ1v) is 10.5. The Hall–Kier alpha value is -2.81. The van der Waals surface area contributed by atoms with E-state index < -0.39 is 17.6 Å². The molecule has 0 bridgehead atoms. The predicted molar refractivity (Wildman–Crippen MR) is 109 cm³/mol. The molecule has 1 aromatic carbocycles. The molecule has 3 heterocycles. The number of carbonyl (C=O) groups is 1. The van der Waals surface area contributed by atoms with Crippen LogP contribution in [0.3, 0.4) is 0 Å². The van der Waals surface area contributed by atoms with Crippen molar-refractivity contribution in [1.82, 2.24) is 10.3 Å². The maximum absolute atomic E-state index is 12.9.